The molecule has 3 rings (SSSR count). The van der Waals surface area contributed by atoms with Gasteiger partial charge in [0.1, 0.15) is 5.76 Å². The first-order valence-corrected chi connectivity index (χ1v) is 10.7. The molecule has 0 aromatic carbocycles. The minimum absolute atomic E-state index is 0.00710. The Morgan fingerprint density at radius 1 is 1.34 bits per heavy atom. The van der Waals surface area contributed by atoms with Crippen LogP contribution in [0, 0.1) is 22.7 Å². The lowest BCUT2D eigenvalue weighted by atomic mass is 9.46. The Kier molecular flexibility index (Phi) is 6.21. The summed E-state index contributed by atoms with van der Waals surface area (Å²) in [4.78, 5) is 24.0. The second kappa shape index (κ2) is 8.33. The number of aryl methyl sites for hydroxylation is 1. The normalized spacial score (nSPS) is 32.2. The first kappa shape index (κ1) is 21.6. The lowest BCUT2D eigenvalue weighted by Crippen LogP contribution is -2.53. The number of methoxy groups -OCH3 is 1. The van der Waals surface area contributed by atoms with Gasteiger partial charge in [-0.2, -0.15) is 0 Å². The molecule has 2 fully saturated rings. The van der Waals surface area contributed by atoms with Gasteiger partial charge >= 0.3 is 5.97 Å². The molecule has 4 nitrogen and oxygen atoms in total. The van der Waals surface area contributed by atoms with Crippen LogP contribution >= 0.6 is 0 Å². The van der Waals surface area contributed by atoms with Gasteiger partial charge in [0.05, 0.1) is 18.8 Å². The third-order valence-electron chi connectivity index (χ3n) is 7.62. The minimum Gasteiger partial charge on any atom is -0.469 e. The number of hydrogen-bond donors (Lipinski definition) is 0. The van der Waals surface area contributed by atoms with Crippen LogP contribution in [0.4, 0.5) is 0 Å². The zero-order valence-electron chi connectivity index (χ0n) is 18.3. The third kappa shape index (κ3) is 3.99. The highest BCUT2D eigenvalue weighted by Gasteiger charge is 2.57. The molecule has 4 atom stereocenters. The zero-order chi connectivity index (χ0) is 21.2. The maximum Gasteiger partial charge on any atom is 0.311 e. The average Bonchev–Trinajstić information content (AvgIpc) is 3.12. The van der Waals surface area contributed by atoms with Crippen molar-refractivity contribution in [3.63, 3.8) is 0 Å². The smallest absolute Gasteiger partial charge is 0.311 e. The van der Waals surface area contributed by atoms with Crippen molar-refractivity contribution < 1.29 is 18.7 Å². The molecule has 0 amide bonds. The number of hydrogen-bond acceptors (Lipinski definition) is 4. The number of carbonyl (C=O) groups excluding carboxylic acids is 2. The Labute approximate surface area is 174 Å². The number of carbonyl (C=O) groups is 2. The summed E-state index contributed by atoms with van der Waals surface area (Å²) in [7, 11) is 1.51. The van der Waals surface area contributed by atoms with E-state index in [9.17, 15) is 9.59 Å². The molecular formula is C25H34O4. The molecule has 0 spiro atoms. The Balaban J connectivity index is 1.82. The topological polar surface area (TPSA) is 56.5 Å². The molecule has 0 unspecified atom stereocenters. The van der Waals surface area contributed by atoms with Crippen molar-refractivity contribution in [1.29, 1.82) is 0 Å². The van der Waals surface area contributed by atoms with Gasteiger partial charge in [0.2, 0.25) is 0 Å². The second-order valence-corrected chi connectivity index (χ2v) is 9.36. The summed E-state index contributed by atoms with van der Waals surface area (Å²) in [5.41, 5.74) is 2.07. The fourth-order valence-corrected chi connectivity index (χ4v) is 6.15. The van der Waals surface area contributed by atoms with Gasteiger partial charge in [-0.15, -0.1) is 0 Å². The number of furan rings is 1. The number of ketones is 1. The van der Waals surface area contributed by atoms with Crippen molar-refractivity contribution in [2.45, 2.75) is 65.7 Å². The molecule has 0 saturated heterocycles. The maximum absolute atomic E-state index is 12.7. The van der Waals surface area contributed by atoms with E-state index in [-0.39, 0.29) is 17.2 Å². The van der Waals surface area contributed by atoms with Gasteiger partial charge in [0.25, 0.3) is 0 Å². The molecule has 1 heterocycles. The van der Waals surface area contributed by atoms with E-state index in [2.05, 4.69) is 20.4 Å². The quantitative estimate of drug-likeness (QED) is 0.347. The predicted octanol–water partition coefficient (Wildman–Crippen LogP) is 5.77. The van der Waals surface area contributed by atoms with Gasteiger partial charge in [-0.1, -0.05) is 25.5 Å². The summed E-state index contributed by atoms with van der Waals surface area (Å²) >= 11 is 0. The molecule has 1 aromatic rings. The predicted molar refractivity (Wildman–Crippen MR) is 114 cm³/mol. The van der Waals surface area contributed by atoms with Gasteiger partial charge in [-0.05, 0) is 93.4 Å². The van der Waals surface area contributed by atoms with Crippen LogP contribution in [0.15, 0.2) is 35.0 Å². The van der Waals surface area contributed by atoms with Gasteiger partial charge < -0.3 is 9.15 Å². The van der Waals surface area contributed by atoms with Crippen LogP contribution in [-0.4, -0.2) is 18.9 Å². The van der Waals surface area contributed by atoms with Crippen molar-refractivity contribution in [2.24, 2.45) is 22.7 Å². The zero-order valence-corrected chi connectivity index (χ0v) is 18.3. The van der Waals surface area contributed by atoms with Crippen LogP contribution in [0.25, 0.3) is 6.08 Å². The lowest BCUT2D eigenvalue weighted by Gasteiger charge is -2.57. The van der Waals surface area contributed by atoms with Crippen LogP contribution in [-0.2, 0) is 20.7 Å². The molecule has 0 N–H and O–H groups in total. The van der Waals surface area contributed by atoms with Crippen molar-refractivity contribution in [2.75, 3.05) is 7.11 Å². The van der Waals surface area contributed by atoms with Crippen molar-refractivity contribution in [3.05, 3.63) is 41.9 Å². The molecule has 0 radical (unpaired) electrons. The van der Waals surface area contributed by atoms with E-state index in [4.69, 9.17) is 9.15 Å². The molecule has 2 aliphatic rings. The summed E-state index contributed by atoms with van der Waals surface area (Å²) in [5, 5.41) is 0. The molecule has 1 aromatic heterocycles. The molecule has 4 heteroatoms. The van der Waals surface area contributed by atoms with Crippen LogP contribution in [0.1, 0.15) is 70.6 Å². The minimum atomic E-state index is -0.411. The van der Waals surface area contributed by atoms with Crippen molar-refractivity contribution in [1.82, 2.24) is 0 Å². The van der Waals surface area contributed by atoms with Crippen molar-refractivity contribution in [3.8, 4) is 0 Å². The lowest BCUT2D eigenvalue weighted by molar-refractivity contribution is -0.168. The van der Waals surface area contributed by atoms with E-state index < -0.39 is 5.41 Å². The van der Waals surface area contributed by atoms with Crippen LogP contribution in [0.3, 0.4) is 0 Å². The molecule has 2 aliphatic carbocycles. The number of esters is 1. The molecular weight excluding hydrogens is 364 g/mol. The third-order valence-corrected chi connectivity index (χ3v) is 7.62. The molecule has 2 saturated carbocycles. The largest absolute Gasteiger partial charge is 0.469 e. The fraction of sp³-hybridized carbons (Fsp3) is 0.600. The van der Waals surface area contributed by atoms with Crippen LogP contribution in [0.5, 0.6) is 0 Å². The number of rotatable bonds is 6. The molecule has 158 valence electrons. The van der Waals surface area contributed by atoms with E-state index in [1.807, 2.05) is 6.07 Å². The van der Waals surface area contributed by atoms with E-state index in [0.29, 0.717) is 11.8 Å². The van der Waals surface area contributed by atoms with Gasteiger partial charge in [0, 0.05) is 0 Å². The molecule has 29 heavy (non-hydrogen) atoms. The van der Waals surface area contributed by atoms with Gasteiger partial charge in [-0.25, -0.2) is 0 Å². The fourth-order valence-electron chi connectivity index (χ4n) is 6.15. The summed E-state index contributed by atoms with van der Waals surface area (Å²) in [6, 6.07) is 1.99. The second-order valence-electron chi connectivity index (χ2n) is 9.36. The first-order chi connectivity index (χ1) is 13.7. The molecule has 0 bridgehead atoms. The first-order valence-electron chi connectivity index (χ1n) is 10.7. The summed E-state index contributed by atoms with van der Waals surface area (Å²) in [6.45, 7) is 10.4. The number of allylic oxidation sites excluding steroid dienone is 2. The van der Waals surface area contributed by atoms with Crippen molar-refractivity contribution >= 4 is 17.8 Å². The van der Waals surface area contributed by atoms with Crippen LogP contribution < -0.4 is 0 Å². The van der Waals surface area contributed by atoms with E-state index in [1.54, 1.807) is 18.4 Å². The Morgan fingerprint density at radius 2 is 2.10 bits per heavy atom. The Bertz CT molecular complexity index is 817. The Hall–Kier alpha value is -2.10. The summed E-state index contributed by atoms with van der Waals surface area (Å²) in [6.07, 6.45) is 11.9. The standard InChI is InChI=1S/C25H34O4/c1-17-7-12-22-24(3,14-6-15-25(22,4)23(27)28-5)20(17)10-9-19-13-16-29-21(19)11-8-18(2)26/h8,11,13,16,20,22H,1,6-7,9-10,12,14-15H2,2-5H3/t20-,22+,24-,25+/m1/s1. The highest BCUT2D eigenvalue weighted by atomic mass is 16.5. The SMILES string of the molecule is C=C1CC[C@H]2[C@](C)(CCC[C@]2(C)C(=O)OC)[C@@H]1CCc1ccoc1C=CC(C)=O. The molecule has 0 aliphatic heterocycles. The van der Waals surface area contributed by atoms with Gasteiger partial charge in [-0.3, -0.25) is 9.59 Å². The number of ether oxygens (including phenoxy) is 1. The van der Waals surface area contributed by atoms with Gasteiger partial charge in [0.15, 0.2) is 5.78 Å². The summed E-state index contributed by atoms with van der Waals surface area (Å²) < 4.78 is 10.8. The highest BCUT2D eigenvalue weighted by Crippen LogP contribution is 2.62. The van der Waals surface area contributed by atoms with E-state index in [1.165, 1.54) is 19.6 Å². The monoisotopic (exact) mass is 398 g/mol. The average molecular weight is 399 g/mol. The number of fused-ring (bicyclic) bond motifs is 1. The highest BCUT2D eigenvalue weighted by molar-refractivity contribution is 5.91. The maximum atomic E-state index is 12.7. The van der Waals surface area contributed by atoms with E-state index in [0.717, 1.165) is 56.3 Å². The Morgan fingerprint density at radius 3 is 2.79 bits per heavy atom. The van der Waals surface area contributed by atoms with E-state index >= 15 is 0 Å². The van der Waals surface area contributed by atoms with Crippen LogP contribution in [0.2, 0.25) is 0 Å². The summed E-state index contributed by atoms with van der Waals surface area (Å²) in [5.74, 6) is 1.38.